The van der Waals surface area contributed by atoms with Crippen molar-refractivity contribution < 1.29 is 33.7 Å². The number of likely N-dealkylation sites (tertiary alicyclic amines) is 1. The van der Waals surface area contributed by atoms with Crippen LogP contribution in [0.3, 0.4) is 0 Å². The number of benzene rings is 2. The third-order valence-electron chi connectivity index (χ3n) is 6.86. The molecule has 0 aliphatic carbocycles. The number of hydrogen-bond donors (Lipinski definition) is 1. The molecular formula is C28H31ClN2O7. The van der Waals surface area contributed by atoms with Crippen LogP contribution in [0.2, 0.25) is 5.02 Å². The summed E-state index contributed by atoms with van der Waals surface area (Å²) in [5.41, 5.74) is 1.75. The Hall–Kier alpha value is -3.30. The van der Waals surface area contributed by atoms with Crippen molar-refractivity contribution in [3.8, 4) is 11.5 Å². The maximum Gasteiger partial charge on any atom is 0.310 e. The molecule has 1 N–H and O–H groups in total. The number of carboxylic acid groups (broad SMARTS) is 1. The average molecular weight is 543 g/mol. The molecule has 9 nitrogen and oxygen atoms in total. The van der Waals surface area contributed by atoms with Crippen molar-refractivity contribution in [3.63, 3.8) is 0 Å². The number of carboxylic acids is 1. The Kier molecular flexibility index (Phi) is 7.00. The fourth-order valence-corrected chi connectivity index (χ4v) is 5.19. The smallest absolute Gasteiger partial charge is 0.310 e. The first kappa shape index (κ1) is 26.3. The van der Waals surface area contributed by atoms with Gasteiger partial charge in [-0.25, -0.2) is 0 Å². The Balaban J connectivity index is 1.57. The van der Waals surface area contributed by atoms with Gasteiger partial charge in [0, 0.05) is 41.5 Å². The van der Waals surface area contributed by atoms with Crippen LogP contribution in [0.25, 0.3) is 0 Å². The van der Waals surface area contributed by atoms with E-state index in [0.29, 0.717) is 53.1 Å². The van der Waals surface area contributed by atoms with Crippen molar-refractivity contribution in [2.75, 3.05) is 37.7 Å². The highest BCUT2D eigenvalue weighted by molar-refractivity contribution is 6.30. The van der Waals surface area contributed by atoms with E-state index in [1.807, 2.05) is 45.0 Å². The monoisotopic (exact) mass is 542 g/mol. The van der Waals surface area contributed by atoms with Gasteiger partial charge in [0.15, 0.2) is 11.5 Å². The van der Waals surface area contributed by atoms with Gasteiger partial charge in [-0.05, 0) is 29.7 Å². The highest BCUT2D eigenvalue weighted by Crippen LogP contribution is 2.46. The minimum atomic E-state index is -1.11. The third-order valence-corrected chi connectivity index (χ3v) is 7.09. The molecule has 0 unspecified atom stereocenters. The van der Waals surface area contributed by atoms with Gasteiger partial charge >= 0.3 is 5.97 Å². The molecule has 3 aliphatic rings. The maximum atomic E-state index is 14.0. The number of halogens is 1. The molecule has 2 aromatic carbocycles. The lowest BCUT2D eigenvalue weighted by Crippen LogP contribution is -2.54. The van der Waals surface area contributed by atoms with Crippen LogP contribution >= 0.6 is 11.6 Å². The quantitative estimate of drug-likeness (QED) is 0.610. The molecule has 1 saturated heterocycles. The SMILES string of the molecule is CC(C)(C)CN1C(=O)[C@H](CC(=O)N2CC(C(=O)O)C2)O[C@@H](c2cccc3c2OCCO3)c2cc(Cl)ccc21. The summed E-state index contributed by atoms with van der Waals surface area (Å²) < 4.78 is 18.3. The first-order valence-corrected chi connectivity index (χ1v) is 13.0. The van der Waals surface area contributed by atoms with Gasteiger partial charge in [0.25, 0.3) is 5.91 Å². The summed E-state index contributed by atoms with van der Waals surface area (Å²) in [6.07, 6.45) is -2.09. The van der Waals surface area contributed by atoms with Crippen molar-refractivity contribution in [1.29, 1.82) is 0 Å². The largest absolute Gasteiger partial charge is 0.486 e. The molecule has 38 heavy (non-hydrogen) atoms. The van der Waals surface area contributed by atoms with Crippen LogP contribution < -0.4 is 14.4 Å². The molecule has 0 saturated carbocycles. The van der Waals surface area contributed by atoms with Crippen molar-refractivity contribution >= 4 is 35.1 Å². The van der Waals surface area contributed by atoms with Crippen LogP contribution in [-0.2, 0) is 19.1 Å². The first-order valence-electron chi connectivity index (χ1n) is 12.7. The summed E-state index contributed by atoms with van der Waals surface area (Å²) in [7, 11) is 0. The average Bonchev–Trinajstić information content (AvgIpc) is 2.92. The maximum absolute atomic E-state index is 14.0. The molecule has 3 aliphatic heterocycles. The molecule has 3 heterocycles. The molecule has 2 atom stereocenters. The fraction of sp³-hybridized carbons (Fsp3) is 0.464. The van der Waals surface area contributed by atoms with Gasteiger partial charge in [-0.3, -0.25) is 14.4 Å². The summed E-state index contributed by atoms with van der Waals surface area (Å²) in [6.45, 7) is 7.52. The molecule has 1 fully saturated rings. The van der Waals surface area contributed by atoms with E-state index >= 15 is 0 Å². The number of anilines is 1. The summed E-state index contributed by atoms with van der Waals surface area (Å²) in [5, 5.41) is 9.68. The number of hydrogen-bond acceptors (Lipinski definition) is 6. The molecular weight excluding hydrogens is 512 g/mol. The number of carbonyl (C=O) groups excluding carboxylic acids is 2. The van der Waals surface area contributed by atoms with E-state index in [-0.39, 0.29) is 36.7 Å². The molecule has 0 radical (unpaired) electrons. The van der Waals surface area contributed by atoms with Crippen LogP contribution in [0.15, 0.2) is 36.4 Å². The number of amides is 2. The van der Waals surface area contributed by atoms with Crippen molar-refractivity contribution in [3.05, 3.63) is 52.5 Å². The van der Waals surface area contributed by atoms with Crippen molar-refractivity contribution in [2.24, 2.45) is 11.3 Å². The van der Waals surface area contributed by atoms with Gasteiger partial charge in [-0.15, -0.1) is 0 Å². The Morgan fingerprint density at radius 1 is 1.08 bits per heavy atom. The van der Waals surface area contributed by atoms with Crippen LogP contribution in [-0.4, -0.2) is 66.7 Å². The van der Waals surface area contributed by atoms with E-state index in [1.165, 1.54) is 4.90 Å². The van der Waals surface area contributed by atoms with E-state index in [4.69, 9.17) is 25.8 Å². The first-order chi connectivity index (χ1) is 18.0. The van der Waals surface area contributed by atoms with Crippen LogP contribution in [0.1, 0.15) is 44.4 Å². The second-order valence-corrected chi connectivity index (χ2v) is 11.5. The van der Waals surface area contributed by atoms with E-state index in [1.54, 1.807) is 17.0 Å². The van der Waals surface area contributed by atoms with E-state index in [2.05, 4.69) is 0 Å². The van der Waals surface area contributed by atoms with Gasteiger partial charge < -0.3 is 29.1 Å². The summed E-state index contributed by atoms with van der Waals surface area (Å²) in [5.74, 6) is -1.07. The van der Waals surface area contributed by atoms with Gasteiger partial charge in [-0.2, -0.15) is 0 Å². The number of ether oxygens (including phenoxy) is 3. The Morgan fingerprint density at radius 2 is 1.82 bits per heavy atom. The molecule has 202 valence electrons. The highest BCUT2D eigenvalue weighted by Gasteiger charge is 2.43. The second-order valence-electron chi connectivity index (χ2n) is 11.1. The molecule has 5 rings (SSSR count). The van der Waals surface area contributed by atoms with Gasteiger partial charge in [0.1, 0.15) is 25.4 Å². The molecule has 2 aromatic rings. The second kappa shape index (κ2) is 10.1. The minimum Gasteiger partial charge on any atom is -0.486 e. The van der Waals surface area contributed by atoms with Crippen LogP contribution in [0.4, 0.5) is 5.69 Å². The van der Waals surface area contributed by atoms with Gasteiger partial charge in [-0.1, -0.05) is 44.5 Å². The topological polar surface area (TPSA) is 106 Å². The lowest BCUT2D eigenvalue weighted by Gasteiger charge is -2.37. The van der Waals surface area contributed by atoms with Gasteiger partial charge in [0.2, 0.25) is 5.91 Å². The number of rotatable bonds is 5. The number of carbonyl (C=O) groups is 3. The van der Waals surface area contributed by atoms with Gasteiger partial charge in [0.05, 0.1) is 12.3 Å². The number of nitrogens with zero attached hydrogens (tertiary/aromatic N) is 2. The number of para-hydroxylation sites is 1. The molecule has 0 aromatic heterocycles. The predicted molar refractivity (Wildman–Crippen MR) is 140 cm³/mol. The van der Waals surface area contributed by atoms with E-state index in [0.717, 1.165) is 0 Å². The van der Waals surface area contributed by atoms with E-state index in [9.17, 15) is 19.5 Å². The predicted octanol–water partition coefficient (Wildman–Crippen LogP) is 3.91. The van der Waals surface area contributed by atoms with Crippen molar-refractivity contribution in [2.45, 2.75) is 39.4 Å². The minimum absolute atomic E-state index is 0.122. The fourth-order valence-electron chi connectivity index (χ4n) is 5.01. The molecule has 0 bridgehead atoms. The third kappa shape index (κ3) is 5.17. The zero-order valence-electron chi connectivity index (χ0n) is 21.6. The van der Waals surface area contributed by atoms with Crippen LogP contribution in [0.5, 0.6) is 11.5 Å². The standard InChI is InChI=1S/C28H31ClN2O7/c1-28(2,3)15-31-20-8-7-17(29)11-19(20)24(18-5-4-6-21-25(18)37-10-9-36-21)38-22(26(31)33)12-23(32)30-13-16(14-30)27(34)35/h4-8,11,16,22,24H,9-10,12-15H2,1-3H3,(H,34,35)/t22-,24-/m0/s1. The summed E-state index contributed by atoms with van der Waals surface area (Å²) in [4.78, 5) is 41.5. The number of fused-ring (bicyclic) bond motifs is 2. The number of aliphatic carboxylic acids is 1. The lowest BCUT2D eigenvalue weighted by atomic mass is 9.94. The summed E-state index contributed by atoms with van der Waals surface area (Å²) in [6, 6.07) is 10.8. The summed E-state index contributed by atoms with van der Waals surface area (Å²) >= 11 is 6.45. The van der Waals surface area contributed by atoms with Crippen molar-refractivity contribution in [1.82, 2.24) is 4.90 Å². The molecule has 0 spiro atoms. The zero-order valence-corrected chi connectivity index (χ0v) is 22.4. The Labute approximate surface area is 226 Å². The lowest BCUT2D eigenvalue weighted by molar-refractivity contribution is -0.155. The molecule has 10 heteroatoms. The normalized spacial score (nSPS) is 21.4. The Morgan fingerprint density at radius 3 is 2.53 bits per heavy atom. The Bertz CT molecular complexity index is 1270. The zero-order chi connectivity index (χ0) is 27.2. The van der Waals surface area contributed by atoms with E-state index < -0.39 is 24.1 Å². The highest BCUT2D eigenvalue weighted by atomic mass is 35.5. The molecule has 2 amide bonds. The van der Waals surface area contributed by atoms with Crippen LogP contribution in [0, 0.1) is 11.3 Å².